The molecule has 1 aliphatic heterocycles. The van der Waals surface area contributed by atoms with Crippen LogP contribution in [0.25, 0.3) is 0 Å². The smallest absolute Gasteiger partial charge is 0.271 e. The van der Waals surface area contributed by atoms with Gasteiger partial charge < -0.3 is 4.90 Å². The number of amides is 1. The Morgan fingerprint density at radius 3 is 2.29 bits per heavy atom. The number of likely N-dealkylation sites (N-methyl/N-ethyl adjacent to an activating group) is 1. The van der Waals surface area contributed by atoms with Gasteiger partial charge in [-0.2, -0.15) is 0 Å². The summed E-state index contributed by atoms with van der Waals surface area (Å²) in [5, 5.41) is 0. The molecule has 0 atom stereocenters. The summed E-state index contributed by atoms with van der Waals surface area (Å²) in [5.41, 5.74) is 3.06. The Morgan fingerprint density at radius 1 is 0.952 bits per heavy atom. The second-order valence-corrected chi connectivity index (χ2v) is 5.77. The van der Waals surface area contributed by atoms with Crippen LogP contribution in [0.5, 0.6) is 0 Å². The number of carbonyl (C=O) groups excluding carboxylic acids is 1. The first-order valence-corrected chi connectivity index (χ1v) is 7.03. The number of aliphatic imine (C=N–C) groups is 1. The van der Waals surface area contributed by atoms with Crippen LogP contribution in [0, 0.1) is 0 Å². The quantitative estimate of drug-likeness (QED) is 0.802. The lowest BCUT2D eigenvalue weighted by atomic mass is 9.99. The van der Waals surface area contributed by atoms with Crippen molar-refractivity contribution in [1.82, 2.24) is 0 Å². The number of rotatable bonds is 1. The molecule has 2 aromatic rings. The van der Waals surface area contributed by atoms with E-state index in [0.29, 0.717) is 0 Å². The number of carbonyl (C=O) groups is 1. The zero-order chi connectivity index (χ0) is 15.0. The van der Waals surface area contributed by atoms with Crippen molar-refractivity contribution in [3.05, 3.63) is 65.7 Å². The zero-order valence-electron chi connectivity index (χ0n) is 12.5. The number of benzene rings is 2. The van der Waals surface area contributed by atoms with E-state index in [1.54, 1.807) is 0 Å². The maximum absolute atomic E-state index is 12.6. The van der Waals surface area contributed by atoms with Crippen LogP contribution in [0.2, 0.25) is 0 Å². The molecule has 3 heteroatoms. The second kappa shape index (κ2) is 4.85. The van der Waals surface area contributed by atoms with Crippen molar-refractivity contribution in [3.63, 3.8) is 0 Å². The van der Waals surface area contributed by atoms with Crippen molar-refractivity contribution < 1.29 is 4.79 Å². The number of fused-ring (bicyclic) bond motifs is 1. The molecule has 0 radical (unpaired) electrons. The summed E-state index contributed by atoms with van der Waals surface area (Å²) >= 11 is 0. The van der Waals surface area contributed by atoms with Crippen LogP contribution in [0.1, 0.15) is 25.0 Å². The molecule has 0 saturated heterocycles. The Balaban J connectivity index is 2.28. The number of benzodiazepines with no additional fused rings is 1. The van der Waals surface area contributed by atoms with Gasteiger partial charge in [0.15, 0.2) is 0 Å². The van der Waals surface area contributed by atoms with E-state index in [4.69, 9.17) is 0 Å². The number of anilines is 1. The Bertz CT molecular complexity index is 717. The Kier molecular flexibility index (Phi) is 3.13. The van der Waals surface area contributed by atoms with Gasteiger partial charge in [0.05, 0.1) is 5.71 Å². The lowest BCUT2D eigenvalue weighted by Gasteiger charge is -2.33. The van der Waals surface area contributed by atoms with Gasteiger partial charge in [-0.05, 0) is 19.9 Å². The molecule has 106 valence electrons. The van der Waals surface area contributed by atoms with E-state index in [9.17, 15) is 4.79 Å². The van der Waals surface area contributed by atoms with Crippen molar-refractivity contribution >= 4 is 17.3 Å². The molecule has 1 amide bonds. The fourth-order valence-corrected chi connectivity index (χ4v) is 2.53. The predicted octanol–water partition coefficient (Wildman–Crippen LogP) is 3.28. The molecule has 0 aromatic heterocycles. The molecule has 0 aliphatic carbocycles. The fourth-order valence-electron chi connectivity index (χ4n) is 2.53. The van der Waals surface area contributed by atoms with Gasteiger partial charge in [-0.15, -0.1) is 0 Å². The molecule has 0 N–H and O–H groups in total. The summed E-state index contributed by atoms with van der Waals surface area (Å²) in [6.45, 7) is 3.81. The molecular formula is C18H18N2O. The second-order valence-electron chi connectivity index (χ2n) is 5.77. The minimum atomic E-state index is -0.660. The monoisotopic (exact) mass is 278 g/mol. The Hall–Kier alpha value is -2.42. The van der Waals surface area contributed by atoms with Crippen LogP contribution in [0.3, 0.4) is 0 Å². The highest BCUT2D eigenvalue weighted by molar-refractivity contribution is 6.21. The molecule has 0 saturated carbocycles. The van der Waals surface area contributed by atoms with E-state index >= 15 is 0 Å². The summed E-state index contributed by atoms with van der Waals surface area (Å²) in [5.74, 6) is -0.125. The minimum absolute atomic E-state index is 0.125. The summed E-state index contributed by atoms with van der Waals surface area (Å²) in [7, 11) is 1.94. The first-order valence-electron chi connectivity index (χ1n) is 7.03. The van der Waals surface area contributed by atoms with Crippen molar-refractivity contribution in [1.29, 1.82) is 0 Å². The SMILES string of the molecule is CN1c2ccccc2C(c2ccccc2)=NC(=O)C1(C)C. The highest BCUT2D eigenvalue weighted by Gasteiger charge is 2.36. The van der Waals surface area contributed by atoms with Crippen molar-refractivity contribution in [2.24, 2.45) is 4.99 Å². The lowest BCUT2D eigenvalue weighted by molar-refractivity contribution is -0.121. The standard InChI is InChI=1S/C18H18N2O/c1-18(2)17(21)19-16(13-9-5-4-6-10-13)14-11-7-8-12-15(14)20(18)3/h4-12H,1-3H3. The first-order chi connectivity index (χ1) is 10.0. The van der Waals surface area contributed by atoms with Crippen LogP contribution in [0.4, 0.5) is 5.69 Å². The number of nitrogens with zero attached hydrogens (tertiary/aromatic N) is 2. The van der Waals surface area contributed by atoms with Crippen molar-refractivity contribution in [2.75, 3.05) is 11.9 Å². The molecule has 1 heterocycles. The van der Waals surface area contributed by atoms with E-state index in [-0.39, 0.29) is 5.91 Å². The van der Waals surface area contributed by atoms with Gasteiger partial charge in [-0.3, -0.25) is 4.79 Å². The largest absolute Gasteiger partial charge is 0.360 e. The molecular weight excluding hydrogens is 260 g/mol. The van der Waals surface area contributed by atoms with Crippen LogP contribution in [-0.2, 0) is 4.79 Å². The molecule has 0 spiro atoms. The maximum atomic E-state index is 12.6. The topological polar surface area (TPSA) is 32.7 Å². The van der Waals surface area contributed by atoms with Gasteiger partial charge in [-0.25, -0.2) is 4.99 Å². The van der Waals surface area contributed by atoms with E-state index in [2.05, 4.69) is 4.99 Å². The zero-order valence-corrected chi connectivity index (χ0v) is 12.5. The Morgan fingerprint density at radius 2 is 1.57 bits per heavy atom. The molecule has 3 nitrogen and oxygen atoms in total. The lowest BCUT2D eigenvalue weighted by Crippen LogP contribution is -2.47. The third kappa shape index (κ3) is 2.15. The first kappa shape index (κ1) is 13.6. The van der Waals surface area contributed by atoms with Crippen LogP contribution >= 0.6 is 0 Å². The van der Waals surface area contributed by atoms with E-state index in [1.807, 2.05) is 80.4 Å². The predicted molar refractivity (Wildman–Crippen MR) is 86.0 cm³/mol. The molecule has 2 aromatic carbocycles. The molecule has 1 aliphatic rings. The highest BCUT2D eigenvalue weighted by Crippen LogP contribution is 2.32. The van der Waals surface area contributed by atoms with Gasteiger partial charge in [0.25, 0.3) is 5.91 Å². The summed E-state index contributed by atoms with van der Waals surface area (Å²) in [6, 6.07) is 17.9. The van der Waals surface area contributed by atoms with Crippen LogP contribution in [0.15, 0.2) is 59.6 Å². The van der Waals surface area contributed by atoms with E-state index < -0.39 is 5.54 Å². The average molecular weight is 278 g/mol. The highest BCUT2D eigenvalue weighted by atomic mass is 16.2. The van der Waals surface area contributed by atoms with Gasteiger partial charge >= 0.3 is 0 Å². The molecule has 0 unspecified atom stereocenters. The summed E-state index contributed by atoms with van der Waals surface area (Å²) < 4.78 is 0. The van der Waals surface area contributed by atoms with E-state index in [0.717, 1.165) is 22.5 Å². The molecule has 3 rings (SSSR count). The van der Waals surface area contributed by atoms with Gasteiger partial charge in [0.2, 0.25) is 0 Å². The number of para-hydroxylation sites is 1. The maximum Gasteiger partial charge on any atom is 0.271 e. The van der Waals surface area contributed by atoms with Gasteiger partial charge in [0, 0.05) is 23.9 Å². The van der Waals surface area contributed by atoms with Gasteiger partial charge in [0.1, 0.15) is 5.54 Å². The van der Waals surface area contributed by atoms with Crippen molar-refractivity contribution in [3.8, 4) is 0 Å². The normalized spacial score (nSPS) is 17.0. The number of hydrogen-bond donors (Lipinski definition) is 0. The Labute approximate surface area is 124 Å². The average Bonchev–Trinajstić information content (AvgIpc) is 2.58. The minimum Gasteiger partial charge on any atom is -0.360 e. The van der Waals surface area contributed by atoms with Gasteiger partial charge in [-0.1, -0.05) is 48.5 Å². The third-order valence-corrected chi connectivity index (χ3v) is 4.14. The fraction of sp³-hybridized carbons (Fsp3) is 0.222. The summed E-state index contributed by atoms with van der Waals surface area (Å²) in [6.07, 6.45) is 0. The van der Waals surface area contributed by atoms with Crippen molar-refractivity contribution in [2.45, 2.75) is 19.4 Å². The third-order valence-electron chi connectivity index (χ3n) is 4.14. The molecule has 21 heavy (non-hydrogen) atoms. The molecule has 0 fully saturated rings. The van der Waals surface area contributed by atoms with E-state index in [1.165, 1.54) is 0 Å². The van der Waals surface area contributed by atoms with Crippen LogP contribution < -0.4 is 4.90 Å². The molecule has 0 bridgehead atoms. The summed E-state index contributed by atoms with van der Waals surface area (Å²) in [4.78, 5) is 19.0. The number of hydrogen-bond acceptors (Lipinski definition) is 2. The van der Waals surface area contributed by atoms with Crippen LogP contribution in [-0.4, -0.2) is 24.2 Å².